The maximum atomic E-state index is 9.22. The van der Waals surface area contributed by atoms with Crippen LogP contribution in [0.3, 0.4) is 0 Å². The summed E-state index contributed by atoms with van der Waals surface area (Å²) >= 11 is 1.82. The summed E-state index contributed by atoms with van der Waals surface area (Å²) in [5, 5.41) is 14.9. The zero-order valence-corrected chi connectivity index (χ0v) is 9.96. The molecule has 0 aliphatic heterocycles. The van der Waals surface area contributed by atoms with Crippen molar-refractivity contribution in [3.8, 4) is 0 Å². The number of aliphatic hydroxyl groups is 1. The molecule has 1 aliphatic rings. The third-order valence-electron chi connectivity index (χ3n) is 3.07. The van der Waals surface area contributed by atoms with Gasteiger partial charge in [0, 0.05) is 17.0 Å². The van der Waals surface area contributed by atoms with E-state index in [0.29, 0.717) is 6.04 Å². The van der Waals surface area contributed by atoms with Crippen molar-refractivity contribution < 1.29 is 5.11 Å². The lowest BCUT2D eigenvalue weighted by atomic mass is 10.1. The highest BCUT2D eigenvalue weighted by molar-refractivity contribution is 7.10. The number of rotatable bonds is 6. The molecule has 1 saturated carbocycles. The summed E-state index contributed by atoms with van der Waals surface area (Å²) in [5.74, 6) is 0.796. The average molecular weight is 225 g/mol. The average Bonchev–Trinajstić information content (AvgIpc) is 2.95. The fourth-order valence-electron chi connectivity index (χ4n) is 1.90. The molecule has 3 heteroatoms. The lowest BCUT2D eigenvalue weighted by Crippen LogP contribution is -2.35. The second-order valence-corrected chi connectivity index (χ2v) is 5.26. The van der Waals surface area contributed by atoms with Crippen molar-refractivity contribution in [2.75, 3.05) is 6.61 Å². The Morgan fingerprint density at radius 3 is 2.87 bits per heavy atom. The monoisotopic (exact) mass is 225 g/mol. The van der Waals surface area contributed by atoms with E-state index in [2.05, 4.69) is 29.8 Å². The molecule has 0 aromatic carbocycles. The van der Waals surface area contributed by atoms with E-state index in [9.17, 15) is 5.11 Å². The Morgan fingerprint density at radius 1 is 1.60 bits per heavy atom. The van der Waals surface area contributed by atoms with Crippen LogP contribution in [0.5, 0.6) is 0 Å². The van der Waals surface area contributed by atoms with Crippen molar-refractivity contribution in [2.24, 2.45) is 5.92 Å². The largest absolute Gasteiger partial charge is 0.395 e. The van der Waals surface area contributed by atoms with E-state index >= 15 is 0 Å². The SMILES string of the molecule is CCC(CO)NC(c1cccs1)C1CC1. The standard InChI is InChI=1S/C12H19NOS/c1-2-10(8-14)13-12(9-5-6-9)11-4-3-7-15-11/h3-4,7,9-10,12-14H,2,5-6,8H2,1H3. The summed E-state index contributed by atoms with van der Waals surface area (Å²) in [4.78, 5) is 1.42. The van der Waals surface area contributed by atoms with Crippen molar-refractivity contribution in [2.45, 2.75) is 38.3 Å². The third kappa shape index (κ3) is 2.80. The van der Waals surface area contributed by atoms with Gasteiger partial charge in [0.1, 0.15) is 0 Å². The summed E-state index contributed by atoms with van der Waals surface area (Å²) in [5.41, 5.74) is 0. The molecule has 2 nitrogen and oxygen atoms in total. The minimum atomic E-state index is 0.241. The molecule has 0 radical (unpaired) electrons. The second-order valence-electron chi connectivity index (χ2n) is 4.28. The number of hydrogen-bond donors (Lipinski definition) is 2. The molecule has 2 unspecified atom stereocenters. The van der Waals surface area contributed by atoms with Crippen LogP contribution in [0.1, 0.15) is 37.1 Å². The van der Waals surface area contributed by atoms with E-state index in [1.54, 1.807) is 0 Å². The molecular formula is C12H19NOS. The first-order valence-corrected chi connectivity index (χ1v) is 6.63. The highest BCUT2D eigenvalue weighted by Gasteiger charge is 2.33. The van der Waals surface area contributed by atoms with Crippen LogP contribution < -0.4 is 5.32 Å². The Morgan fingerprint density at radius 2 is 2.40 bits per heavy atom. The smallest absolute Gasteiger partial charge is 0.0584 e. The van der Waals surface area contributed by atoms with Gasteiger partial charge < -0.3 is 10.4 Å². The molecule has 0 amide bonds. The van der Waals surface area contributed by atoms with Gasteiger partial charge in [-0.1, -0.05) is 13.0 Å². The van der Waals surface area contributed by atoms with E-state index in [1.807, 2.05) is 11.3 Å². The van der Waals surface area contributed by atoms with Gasteiger partial charge >= 0.3 is 0 Å². The predicted molar refractivity (Wildman–Crippen MR) is 64.1 cm³/mol. The molecule has 1 aromatic heterocycles. The minimum Gasteiger partial charge on any atom is -0.395 e. The van der Waals surface area contributed by atoms with Crippen LogP contribution in [0.25, 0.3) is 0 Å². The Labute approximate surface area is 95.3 Å². The Bertz CT molecular complexity index is 278. The van der Waals surface area contributed by atoms with Gasteiger partial charge in [-0.05, 0) is 36.6 Å². The molecule has 1 aliphatic carbocycles. The van der Waals surface area contributed by atoms with E-state index in [0.717, 1.165) is 12.3 Å². The van der Waals surface area contributed by atoms with Crippen LogP contribution in [-0.4, -0.2) is 17.8 Å². The van der Waals surface area contributed by atoms with Gasteiger partial charge in [0.25, 0.3) is 0 Å². The van der Waals surface area contributed by atoms with Crippen LogP contribution in [-0.2, 0) is 0 Å². The third-order valence-corrected chi connectivity index (χ3v) is 4.03. The molecule has 1 aromatic rings. The normalized spacial score (nSPS) is 20.1. The number of hydrogen-bond acceptors (Lipinski definition) is 3. The molecule has 84 valence electrons. The topological polar surface area (TPSA) is 32.3 Å². The van der Waals surface area contributed by atoms with Crippen molar-refractivity contribution in [1.29, 1.82) is 0 Å². The molecule has 2 atom stereocenters. The zero-order valence-electron chi connectivity index (χ0n) is 9.15. The fraction of sp³-hybridized carbons (Fsp3) is 0.667. The van der Waals surface area contributed by atoms with Gasteiger partial charge in [-0.3, -0.25) is 0 Å². The Kier molecular flexibility index (Phi) is 3.78. The van der Waals surface area contributed by atoms with Gasteiger partial charge in [-0.2, -0.15) is 0 Å². The number of thiophene rings is 1. The summed E-state index contributed by atoms with van der Waals surface area (Å²) in [7, 11) is 0. The highest BCUT2D eigenvalue weighted by atomic mass is 32.1. The van der Waals surface area contributed by atoms with E-state index in [1.165, 1.54) is 17.7 Å². The Balaban J connectivity index is 2.00. The molecular weight excluding hydrogens is 206 g/mol. The molecule has 2 N–H and O–H groups in total. The van der Waals surface area contributed by atoms with Crippen LogP contribution in [0.15, 0.2) is 17.5 Å². The van der Waals surface area contributed by atoms with Crippen molar-refractivity contribution >= 4 is 11.3 Å². The van der Waals surface area contributed by atoms with Crippen LogP contribution in [0, 0.1) is 5.92 Å². The predicted octanol–water partition coefficient (Wildman–Crippen LogP) is 2.56. The van der Waals surface area contributed by atoms with Gasteiger partial charge in [-0.25, -0.2) is 0 Å². The summed E-state index contributed by atoms with van der Waals surface area (Å²) < 4.78 is 0. The summed E-state index contributed by atoms with van der Waals surface area (Å²) in [6.45, 7) is 2.36. The van der Waals surface area contributed by atoms with Crippen LogP contribution in [0.4, 0.5) is 0 Å². The fourth-order valence-corrected chi connectivity index (χ4v) is 2.78. The van der Waals surface area contributed by atoms with Gasteiger partial charge in [0.15, 0.2) is 0 Å². The van der Waals surface area contributed by atoms with Crippen LogP contribution in [0.2, 0.25) is 0 Å². The quantitative estimate of drug-likeness (QED) is 0.780. The first-order chi connectivity index (χ1) is 7.35. The van der Waals surface area contributed by atoms with E-state index in [-0.39, 0.29) is 12.6 Å². The zero-order chi connectivity index (χ0) is 10.7. The Hall–Kier alpha value is -0.380. The molecule has 15 heavy (non-hydrogen) atoms. The number of nitrogens with one attached hydrogen (secondary N) is 1. The highest BCUT2D eigenvalue weighted by Crippen LogP contribution is 2.42. The van der Waals surface area contributed by atoms with Gasteiger partial charge in [0.05, 0.1) is 6.61 Å². The van der Waals surface area contributed by atoms with Crippen LogP contribution >= 0.6 is 11.3 Å². The molecule has 0 saturated heterocycles. The van der Waals surface area contributed by atoms with Gasteiger partial charge in [0.2, 0.25) is 0 Å². The first-order valence-electron chi connectivity index (χ1n) is 5.75. The minimum absolute atomic E-state index is 0.241. The number of aliphatic hydroxyl groups excluding tert-OH is 1. The maximum absolute atomic E-state index is 9.22. The molecule has 0 spiro atoms. The molecule has 0 bridgehead atoms. The second kappa shape index (κ2) is 5.10. The van der Waals surface area contributed by atoms with E-state index < -0.39 is 0 Å². The summed E-state index contributed by atoms with van der Waals surface area (Å²) in [6, 6.07) is 5.03. The molecule has 2 rings (SSSR count). The van der Waals surface area contributed by atoms with Gasteiger partial charge in [-0.15, -0.1) is 11.3 Å². The van der Waals surface area contributed by atoms with Crippen molar-refractivity contribution in [3.05, 3.63) is 22.4 Å². The molecule has 1 fully saturated rings. The lowest BCUT2D eigenvalue weighted by Gasteiger charge is -2.22. The van der Waals surface area contributed by atoms with E-state index in [4.69, 9.17) is 0 Å². The lowest BCUT2D eigenvalue weighted by molar-refractivity contribution is 0.223. The van der Waals surface area contributed by atoms with Crippen molar-refractivity contribution in [1.82, 2.24) is 5.32 Å². The summed E-state index contributed by atoms with van der Waals surface area (Å²) in [6.07, 6.45) is 3.65. The molecule has 1 heterocycles. The van der Waals surface area contributed by atoms with Crippen molar-refractivity contribution in [3.63, 3.8) is 0 Å². The maximum Gasteiger partial charge on any atom is 0.0584 e. The first kappa shape index (κ1) is 11.1.